The molecule has 1 N–H and O–H groups in total. The third-order valence-corrected chi connectivity index (χ3v) is 2.26. The van der Waals surface area contributed by atoms with Crippen LogP contribution in [0.4, 0.5) is 0 Å². The quantitative estimate of drug-likeness (QED) is 0.809. The van der Waals surface area contributed by atoms with Gasteiger partial charge < -0.3 is 10.1 Å². The molecule has 0 aliphatic carbocycles. The molecular weight excluding hydrogens is 244 g/mol. The molecule has 0 aromatic carbocycles. The van der Waals surface area contributed by atoms with E-state index >= 15 is 0 Å². The number of rotatable bonds is 5. The minimum atomic E-state index is -0.354. The summed E-state index contributed by atoms with van der Waals surface area (Å²) in [5.41, 5.74) is 0.290. The number of ether oxygens (including phenoxy) is 1. The molecule has 1 aromatic heterocycles. The van der Waals surface area contributed by atoms with E-state index in [9.17, 15) is 9.59 Å². The number of amides is 1. The van der Waals surface area contributed by atoms with E-state index in [2.05, 4.69) is 10.3 Å². The first-order valence-corrected chi connectivity index (χ1v) is 5.56. The maximum atomic E-state index is 11.6. The fraction of sp³-hybridized carbons (Fsp3) is 0.364. The van der Waals surface area contributed by atoms with Gasteiger partial charge in [-0.2, -0.15) is 0 Å². The Morgan fingerprint density at radius 1 is 1.53 bits per heavy atom. The molecule has 0 aliphatic heterocycles. The lowest BCUT2D eigenvalue weighted by atomic mass is 10.2. The number of hydrogen-bond acceptors (Lipinski definition) is 4. The fourth-order valence-electron chi connectivity index (χ4n) is 1.15. The number of nitrogens with one attached hydrogen (secondary N) is 1. The van der Waals surface area contributed by atoms with Crippen molar-refractivity contribution in [3.63, 3.8) is 0 Å². The Hall–Kier alpha value is -1.62. The Bertz CT molecular complexity index is 409. The van der Waals surface area contributed by atoms with Gasteiger partial charge in [-0.25, -0.2) is 0 Å². The van der Waals surface area contributed by atoms with Crippen molar-refractivity contribution in [2.75, 3.05) is 13.2 Å². The van der Waals surface area contributed by atoms with Crippen LogP contribution in [0, 0.1) is 0 Å². The van der Waals surface area contributed by atoms with Crippen LogP contribution in [0.3, 0.4) is 0 Å². The van der Waals surface area contributed by atoms with Gasteiger partial charge in [0, 0.05) is 18.9 Å². The average molecular weight is 257 g/mol. The maximum absolute atomic E-state index is 11.6. The van der Waals surface area contributed by atoms with E-state index in [4.69, 9.17) is 16.3 Å². The first-order valence-electron chi connectivity index (χ1n) is 5.18. The van der Waals surface area contributed by atoms with Crippen LogP contribution in [0.15, 0.2) is 18.5 Å². The van der Waals surface area contributed by atoms with Gasteiger partial charge in [-0.05, 0) is 13.0 Å². The van der Waals surface area contributed by atoms with Crippen LogP contribution in [-0.2, 0) is 9.53 Å². The lowest BCUT2D eigenvalue weighted by Gasteiger charge is -2.05. The molecule has 5 nitrogen and oxygen atoms in total. The smallest absolute Gasteiger partial charge is 0.307 e. The normalized spacial score (nSPS) is 9.76. The second-order valence-corrected chi connectivity index (χ2v) is 3.57. The standard InChI is InChI=1S/C11H13ClN2O3/c1-2-17-10(15)4-6-14-11(16)8-7-13-5-3-9(8)12/h3,5,7H,2,4,6H2,1H3,(H,14,16). The Balaban J connectivity index is 2.41. The number of esters is 1. The molecule has 0 fully saturated rings. The number of aromatic nitrogens is 1. The largest absolute Gasteiger partial charge is 0.466 e. The lowest BCUT2D eigenvalue weighted by Crippen LogP contribution is -2.26. The number of carbonyl (C=O) groups excluding carboxylic acids is 2. The van der Waals surface area contributed by atoms with Crippen LogP contribution in [0.25, 0.3) is 0 Å². The van der Waals surface area contributed by atoms with Crippen molar-refractivity contribution in [1.29, 1.82) is 0 Å². The van der Waals surface area contributed by atoms with Crippen molar-refractivity contribution in [2.24, 2.45) is 0 Å². The zero-order valence-corrected chi connectivity index (χ0v) is 10.2. The van der Waals surface area contributed by atoms with Crippen molar-refractivity contribution < 1.29 is 14.3 Å². The zero-order valence-electron chi connectivity index (χ0n) is 9.40. The zero-order chi connectivity index (χ0) is 12.7. The first kappa shape index (κ1) is 13.4. The number of hydrogen-bond donors (Lipinski definition) is 1. The van der Waals surface area contributed by atoms with Gasteiger partial charge in [0.15, 0.2) is 0 Å². The summed E-state index contributed by atoms with van der Waals surface area (Å²) in [6.07, 6.45) is 3.01. The second kappa shape index (κ2) is 6.85. The summed E-state index contributed by atoms with van der Waals surface area (Å²) in [5, 5.41) is 2.89. The highest BCUT2D eigenvalue weighted by Crippen LogP contribution is 2.12. The molecule has 0 spiro atoms. The van der Waals surface area contributed by atoms with E-state index in [0.717, 1.165) is 0 Å². The van der Waals surface area contributed by atoms with Crippen LogP contribution in [0.1, 0.15) is 23.7 Å². The van der Waals surface area contributed by atoms with Crippen LogP contribution in [0.5, 0.6) is 0 Å². The summed E-state index contributed by atoms with van der Waals surface area (Å²) < 4.78 is 4.72. The SMILES string of the molecule is CCOC(=O)CCNC(=O)c1cnccc1Cl. The molecule has 1 rings (SSSR count). The van der Waals surface area contributed by atoms with Crippen LogP contribution >= 0.6 is 11.6 Å². The van der Waals surface area contributed by atoms with Crippen molar-refractivity contribution in [3.05, 3.63) is 29.0 Å². The molecular formula is C11H13ClN2O3. The van der Waals surface area contributed by atoms with Crippen LogP contribution in [0.2, 0.25) is 5.02 Å². The molecule has 1 aromatic rings. The van der Waals surface area contributed by atoms with Gasteiger partial charge in [0.05, 0.1) is 23.6 Å². The van der Waals surface area contributed by atoms with Crippen molar-refractivity contribution in [2.45, 2.75) is 13.3 Å². The first-order chi connectivity index (χ1) is 8.15. The van der Waals surface area contributed by atoms with E-state index in [1.165, 1.54) is 18.5 Å². The predicted octanol–water partition coefficient (Wildman–Crippen LogP) is 1.42. The summed E-state index contributed by atoms with van der Waals surface area (Å²) >= 11 is 5.82. The summed E-state index contributed by atoms with van der Waals surface area (Å²) in [6.45, 7) is 2.27. The second-order valence-electron chi connectivity index (χ2n) is 3.17. The molecule has 6 heteroatoms. The highest BCUT2D eigenvalue weighted by atomic mass is 35.5. The van der Waals surface area contributed by atoms with Crippen LogP contribution in [-0.4, -0.2) is 30.0 Å². The highest BCUT2D eigenvalue weighted by Gasteiger charge is 2.10. The Morgan fingerprint density at radius 3 is 2.94 bits per heavy atom. The lowest BCUT2D eigenvalue weighted by molar-refractivity contribution is -0.142. The average Bonchev–Trinajstić information content (AvgIpc) is 2.29. The molecule has 0 unspecified atom stereocenters. The number of nitrogens with zero attached hydrogens (tertiary/aromatic N) is 1. The minimum Gasteiger partial charge on any atom is -0.466 e. The van der Waals surface area contributed by atoms with Gasteiger partial charge in [0.1, 0.15) is 0 Å². The summed E-state index contributed by atoms with van der Waals surface area (Å²) in [7, 11) is 0. The molecule has 1 amide bonds. The van der Waals surface area contributed by atoms with E-state index in [1.807, 2.05) is 0 Å². The van der Waals surface area contributed by atoms with Gasteiger partial charge in [0.2, 0.25) is 0 Å². The third-order valence-electron chi connectivity index (χ3n) is 1.93. The topological polar surface area (TPSA) is 68.3 Å². The van der Waals surface area contributed by atoms with Gasteiger partial charge in [-0.15, -0.1) is 0 Å². The monoisotopic (exact) mass is 256 g/mol. The van der Waals surface area contributed by atoms with E-state index in [-0.39, 0.29) is 30.4 Å². The number of pyridine rings is 1. The van der Waals surface area contributed by atoms with Crippen molar-refractivity contribution in [3.8, 4) is 0 Å². The summed E-state index contributed by atoms with van der Waals surface area (Å²) in [4.78, 5) is 26.4. The number of halogens is 1. The Kier molecular flexibility index (Phi) is 5.42. The molecule has 92 valence electrons. The molecule has 0 aliphatic rings. The summed E-state index contributed by atoms with van der Waals surface area (Å²) in [5.74, 6) is -0.697. The molecule has 0 radical (unpaired) electrons. The van der Waals surface area contributed by atoms with E-state index in [0.29, 0.717) is 11.6 Å². The highest BCUT2D eigenvalue weighted by molar-refractivity contribution is 6.33. The summed E-state index contributed by atoms with van der Waals surface area (Å²) in [6, 6.07) is 1.53. The van der Waals surface area contributed by atoms with Gasteiger partial charge in [-0.3, -0.25) is 14.6 Å². The van der Waals surface area contributed by atoms with Crippen molar-refractivity contribution >= 4 is 23.5 Å². The Morgan fingerprint density at radius 2 is 2.29 bits per heavy atom. The van der Waals surface area contributed by atoms with E-state index < -0.39 is 0 Å². The number of carbonyl (C=O) groups is 2. The maximum Gasteiger partial charge on any atom is 0.307 e. The Labute approximate surface area is 104 Å². The molecule has 0 atom stereocenters. The van der Waals surface area contributed by atoms with Gasteiger partial charge in [-0.1, -0.05) is 11.6 Å². The minimum absolute atomic E-state index is 0.136. The van der Waals surface area contributed by atoms with Gasteiger partial charge >= 0.3 is 5.97 Å². The third kappa shape index (κ3) is 4.40. The van der Waals surface area contributed by atoms with E-state index in [1.54, 1.807) is 6.92 Å². The molecule has 0 bridgehead atoms. The molecule has 1 heterocycles. The molecule has 17 heavy (non-hydrogen) atoms. The predicted molar refractivity (Wildman–Crippen MR) is 62.8 cm³/mol. The van der Waals surface area contributed by atoms with Gasteiger partial charge in [0.25, 0.3) is 5.91 Å². The van der Waals surface area contributed by atoms with Crippen LogP contribution < -0.4 is 5.32 Å². The molecule has 0 saturated heterocycles. The van der Waals surface area contributed by atoms with Crippen molar-refractivity contribution in [1.82, 2.24) is 10.3 Å². The fourth-order valence-corrected chi connectivity index (χ4v) is 1.34. The molecule has 0 saturated carbocycles.